The minimum absolute atomic E-state index is 0.0305. The number of hydrogen-bond acceptors (Lipinski definition) is 2. The van der Waals surface area contributed by atoms with Gasteiger partial charge in [0.25, 0.3) is 5.91 Å². The molecule has 0 saturated carbocycles. The Morgan fingerprint density at radius 2 is 1.71 bits per heavy atom. The van der Waals surface area contributed by atoms with Crippen LogP contribution in [0.25, 0.3) is 6.08 Å². The maximum atomic E-state index is 13.5. The number of fused-ring (bicyclic) bond motifs is 1. The number of likely N-dealkylation sites (N-methyl/N-ethyl adjacent to an activating group) is 1. The molecule has 0 saturated heterocycles. The summed E-state index contributed by atoms with van der Waals surface area (Å²) in [6.45, 7) is 0. The molecule has 0 aromatic heterocycles. The number of nitrogens with zero attached hydrogens (tertiary/aromatic N) is 1. The van der Waals surface area contributed by atoms with E-state index < -0.39 is 17.5 Å². The monoisotopic (exact) mass is 413 g/mol. The maximum Gasteiger partial charge on any atom is 0.262 e. The van der Waals surface area contributed by atoms with Gasteiger partial charge in [-0.2, -0.15) is 0 Å². The molecular weight excluding hydrogens is 396 g/mol. The Kier molecular flexibility index (Phi) is 5.46. The van der Waals surface area contributed by atoms with E-state index in [1.54, 1.807) is 43.4 Å². The summed E-state index contributed by atoms with van der Waals surface area (Å²) in [5.41, 5.74) is 2.77. The number of carbonyl (C=O) groups is 2. The summed E-state index contributed by atoms with van der Waals surface area (Å²) in [5, 5.41) is 0. The normalized spacial score (nSPS) is 14.3. The van der Waals surface area contributed by atoms with Gasteiger partial charge in [-0.1, -0.05) is 36.1 Å². The molecule has 0 unspecified atom stereocenters. The number of amides is 1. The van der Waals surface area contributed by atoms with Gasteiger partial charge in [0.05, 0.1) is 11.3 Å². The number of ketones is 1. The smallest absolute Gasteiger partial charge is 0.262 e. The van der Waals surface area contributed by atoms with Crippen molar-refractivity contribution in [3.8, 4) is 11.8 Å². The third kappa shape index (κ3) is 4.29. The summed E-state index contributed by atoms with van der Waals surface area (Å²) in [6, 6.07) is 16.9. The Balaban J connectivity index is 1.65. The zero-order valence-electron chi connectivity index (χ0n) is 16.7. The molecule has 3 aromatic carbocycles. The number of Topliss-reactive ketones (excluding diaryl/α,β-unsaturated/α-hetero) is 1. The first kappa shape index (κ1) is 20.2. The van der Waals surface area contributed by atoms with E-state index in [9.17, 15) is 18.4 Å². The average molecular weight is 413 g/mol. The lowest BCUT2D eigenvalue weighted by atomic mass is 9.92. The lowest BCUT2D eigenvalue weighted by Gasteiger charge is -2.26. The van der Waals surface area contributed by atoms with Crippen molar-refractivity contribution < 1.29 is 18.4 Å². The van der Waals surface area contributed by atoms with Crippen LogP contribution in [0.3, 0.4) is 0 Å². The molecule has 0 bridgehead atoms. The largest absolute Gasteiger partial charge is 0.311 e. The molecule has 0 N–H and O–H groups in total. The summed E-state index contributed by atoms with van der Waals surface area (Å²) >= 11 is 0. The Morgan fingerprint density at radius 1 is 0.935 bits per heavy atom. The van der Waals surface area contributed by atoms with E-state index in [0.29, 0.717) is 28.8 Å². The van der Waals surface area contributed by atoms with Gasteiger partial charge in [0.15, 0.2) is 0 Å². The van der Waals surface area contributed by atoms with E-state index in [0.717, 1.165) is 5.56 Å². The van der Waals surface area contributed by atoms with Gasteiger partial charge in [0.2, 0.25) is 5.78 Å². The van der Waals surface area contributed by atoms with Crippen LogP contribution in [-0.4, -0.2) is 18.7 Å². The van der Waals surface area contributed by atoms with Crippen molar-refractivity contribution in [2.24, 2.45) is 0 Å². The third-order valence-electron chi connectivity index (χ3n) is 4.98. The van der Waals surface area contributed by atoms with Gasteiger partial charge in [-0.15, -0.1) is 0 Å². The summed E-state index contributed by atoms with van der Waals surface area (Å²) in [5.74, 6) is 4.40. The van der Waals surface area contributed by atoms with Crippen LogP contribution in [0.2, 0.25) is 0 Å². The summed E-state index contributed by atoms with van der Waals surface area (Å²) in [4.78, 5) is 27.2. The number of benzene rings is 3. The van der Waals surface area contributed by atoms with Crippen LogP contribution >= 0.6 is 0 Å². The highest BCUT2D eigenvalue weighted by Gasteiger charge is 2.32. The van der Waals surface area contributed by atoms with E-state index in [-0.39, 0.29) is 11.4 Å². The average Bonchev–Trinajstić information content (AvgIpc) is 2.76. The second-order valence-electron chi connectivity index (χ2n) is 7.14. The second kappa shape index (κ2) is 8.37. The number of anilines is 1. The molecule has 4 rings (SSSR count). The minimum atomic E-state index is -0.447. The first-order valence-corrected chi connectivity index (χ1v) is 9.60. The van der Waals surface area contributed by atoms with E-state index in [1.807, 2.05) is 0 Å². The lowest BCUT2D eigenvalue weighted by Crippen LogP contribution is -2.36. The van der Waals surface area contributed by atoms with Crippen LogP contribution in [0.5, 0.6) is 0 Å². The highest BCUT2D eigenvalue weighted by molar-refractivity contribution is 6.36. The molecule has 31 heavy (non-hydrogen) atoms. The number of rotatable bonds is 2. The van der Waals surface area contributed by atoms with Crippen molar-refractivity contribution in [1.82, 2.24) is 0 Å². The highest BCUT2D eigenvalue weighted by Crippen LogP contribution is 2.31. The molecule has 1 aliphatic rings. The molecule has 1 amide bonds. The van der Waals surface area contributed by atoms with Gasteiger partial charge < -0.3 is 4.90 Å². The van der Waals surface area contributed by atoms with Crippen LogP contribution in [0.1, 0.15) is 27.0 Å². The van der Waals surface area contributed by atoms with Gasteiger partial charge in [0, 0.05) is 24.6 Å². The molecule has 152 valence electrons. The molecule has 5 heteroatoms. The summed E-state index contributed by atoms with van der Waals surface area (Å²) < 4.78 is 26.5. The van der Waals surface area contributed by atoms with Crippen molar-refractivity contribution in [1.29, 1.82) is 0 Å². The van der Waals surface area contributed by atoms with Gasteiger partial charge in [-0.05, 0) is 59.7 Å². The Labute approximate surface area is 178 Å². The Bertz CT molecular complexity index is 1280. The highest BCUT2D eigenvalue weighted by atomic mass is 19.1. The van der Waals surface area contributed by atoms with Crippen molar-refractivity contribution >= 4 is 23.5 Å². The van der Waals surface area contributed by atoms with Gasteiger partial charge >= 0.3 is 0 Å². The topological polar surface area (TPSA) is 37.4 Å². The summed E-state index contributed by atoms with van der Waals surface area (Å²) in [6.07, 6.45) is 1.84. The first-order chi connectivity index (χ1) is 14.9. The van der Waals surface area contributed by atoms with E-state index >= 15 is 0 Å². The van der Waals surface area contributed by atoms with Crippen LogP contribution in [0, 0.1) is 23.5 Å². The first-order valence-electron chi connectivity index (χ1n) is 9.60. The van der Waals surface area contributed by atoms with E-state index in [1.165, 1.54) is 41.3 Å². The van der Waals surface area contributed by atoms with Gasteiger partial charge in [-0.3, -0.25) is 9.59 Å². The van der Waals surface area contributed by atoms with Crippen LogP contribution in [0.4, 0.5) is 14.5 Å². The van der Waals surface area contributed by atoms with Crippen LogP contribution in [0.15, 0.2) is 72.3 Å². The Morgan fingerprint density at radius 3 is 2.45 bits per heavy atom. The molecule has 0 aliphatic carbocycles. The fourth-order valence-corrected chi connectivity index (χ4v) is 3.36. The number of halogens is 2. The number of hydrogen-bond donors (Lipinski definition) is 0. The predicted octanol–water partition coefficient (Wildman–Crippen LogP) is 4.80. The predicted molar refractivity (Wildman–Crippen MR) is 116 cm³/mol. The van der Waals surface area contributed by atoms with Crippen molar-refractivity contribution in [2.75, 3.05) is 11.9 Å². The number of carbonyl (C=O) groups excluding carboxylic acids is 2. The molecule has 0 spiro atoms. The zero-order chi connectivity index (χ0) is 22.0. The van der Waals surface area contributed by atoms with E-state index in [4.69, 9.17) is 0 Å². The fourth-order valence-electron chi connectivity index (χ4n) is 3.36. The quantitative estimate of drug-likeness (QED) is 0.344. The van der Waals surface area contributed by atoms with Crippen molar-refractivity contribution in [2.45, 2.75) is 6.42 Å². The molecule has 0 fully saturated rings. The van der Waals surface area contributed by atoms with Crippen LogP contribution < -0.4 is 4.90 Å². The zero-order valence-corrected chi connectivity index (χ0v) is 16.7. The molecule has 3 nitrogen and oxygen atoms in total. The molecule has 3 aromatic rings. The SMILES string of the molecule is CN1C(=O)/C(=C/c2cccc(F)c2)C(=O)c2cc(C#CCc3ccc(F)cc3)ccc21. The maximum absolute atomic E-state index is 13.5. The molecule has 0 radical (unpaired) electrons. The second-order valence-corrected chi connectivity index (χ2v) is 7.14. The molecule has 1 heterocycles. The van der Waals surface area contributed by atoms with Crippen molar-refractivity contribution in [3.05, 3.63) is 106 Å². The molecular formula is C26H17F2NO2. The van der Waals surface area contributed by atoms with Crippen LogP contribution in [-0.2, 0) is 11.2 Å². The summed E-state index contributed by atoms with van der Waals surface area (Å²) in [7, 11) is 1.59. The lowest BCUT2D eigenvalue weighted by molar-refractivity contribution is -0.114. The minimum Gasteiger partial charge on any atom is -0.311 e. The van der Waals surface area contributed by atoms with Crippen molar-refractivity contribution in [3.63, 3.8) is 0 Å². The third-order valence-corrected chi connectivity index (χ3v) is 4.98. The fraction of sp³-hybridized carbons (Fsp3) is 0.0769. The van der Waals surface area contributed by atoms with Gasteiger partial charge in [-0.25, -0.2) is 8.78 Å². The molecule has 0 atom stereocenters. The molecule has 1 aliphatic heterocycles. The Hall–Kier alpha value is -4.04. The van der Waals surface area contributed by atoms with E-state index in [2.05, 4.69) is 11.8 Å². The standard InChI is InChI=1S/C26H17F2NO2/c1-29-24-13-10-18(5-2-4-17-8-11-20(27)12-9-17)15-22(24)25(30)23(26(29)31)16-19-6-3-7-21(28)14-19/h3,6-16H,4H2,1H3/b23-16+. The van der Waals surface area contributed by atoms with Gasteiger partial charge in [0.1, 0.15) is 11.6 Å².